The number of benzene rings is 3. The van der Waals surface area contributed by atoms with Crippen LogP contribution in [0.3, 0.4) is 0 Å². The Morgan fingerprint density at radius 2 is 1.52 bits per heavy atom. The van der Waals surface area contributed by atoms with Gasteiger partial charge in [-0.25, -0.2) is 8.42 Å². The van der Waals surface area contributed by atoms with E-state index in [4.69, 9.17) is 34.8 Å². The molecule has 0 saturated heterocycles. The molecule has 0 aromatic heterocycles. The smallest absolute Gasteiger partial charge is 0.264 e. The number of rotatable bonds is 11. The fraction of sp³-hybridized carbons (Fsp3) is 0.310. The van der Waals surface area contributed by atoms with Gasteiger partial charge in [0.25, 0.3) is 10.0 Å². The molecule has 3 aromatic rings. The maximum Gasteiger partial charge on any atom is 0.264 e. The molecule has 0 heterocycles. The van der Waals surface area contributed by atoms with Crippen LogP contribution in [-0.4, -0.2) is 44.3 Å². The summed E-state index contributed by atoms with van der Waals surface area (Å²) in [5.41, 5.74) is 2.33. The number of anilines is 1. The Labute approximate surface area is 251 Å². The van der Waals surface area contributed by atoms with E-state index >= 15 is 0 Å². The summed E-state index contributed by atoms with van der Waals surface area (Å²) in [4.78, 5) is 28.5. The molecule has 0 fully saturated rings. The van der Waals surface area contributed by atoms with Gasteiger partial charge in [-0.2, -0.15) is 0 Å². The Morgan fingerprint density at radius 3 is 2.10 bits per heavy atom. The lowest BCUT2D eigenvalue weighted by Crippen LogP contribution is -2.52. The van der Waals surface area contributed by atoms with Crippen LogP contribution in [0.2, 0.25) is 15.1 Å². The minimum Gasteiger partial charge on any atom is -0.355 e. The van der Waals surface area contributed by atoms with Gasteiger partial charge in [0.2, 0.25) is 11.8 Å². The van der Waals surface area contributed by atoms with E-state index in [1.807, 2.05) is 6.92 Å². The first-order valence-corrected chi connectivity index (χ1v) is 15.3. The van der Waals surface area contributed by atoms with Crippen molar-refractivity contribution < 1.29 is 18.0 Å². The average Bonchev–Trinajstić information content (AvgIpc) is 2.89. The Kier molecular flexibility index (Phi) is 10.9. The van der Waals surface area contributed by atoms with E-state index in [0.717, 1.165) is 9.87 Å². The molecule has 7 nitrogen and oxygen atoms in total. The third-order valence-corrected chi connectivity index (χ3v) is 9.00. The molecule has 40 heavy (non-hydrogen) atoms. The lowest BCUT2D eigenvalue weighted by molar-refractivity contribution is -0.140. The molecule has 1 atom stereocenters. The summed E-state index contributed by atoms with van der Waals surface area (Å²) < 4.78 is 29.0. The van der Waals surface area contributed by atoms with Gasteiger partial charge in [0.05, 0.1) is 10.6 Å². The monoisotopic (exact) mass is 623 g/mol. The zero-order valence-corrected chi connectivity index (χ0v) is 25.8. The van der Waals surface area contributed by atoms with Gasteiger partial charge in [-0.3, -0.25) is 13.9 Å². The third kappa shape index (κ3) is 7.49. The Morgan fingerprint density at radius 1 is 0.900 bits per heavy atom. The van der Waals surface area contributed by atoms with E-state index in [1.54, 1.807) is 69.3 Å². The summed E-state index contributed by atoms with van der Waals surface area (Å²) in [6, 6.07) is 15.2. The molecular formula is C29H32Cl3N3O4S. The molecule has 1 N–H and O–H groups in total. The summed E-state index contributed by atoms with van der Waals surface area (Å²) in [5, 5.41) is 3.96. The molecule has 3 aromatic carbocycles. The highest BCUT2D eigenvalue weighted by molar-refractivity contribution is 7.92. The second-order valence-corrected chi connectivity index (χ2v) is 12.5. The van der Waals surface area contributed by atoms with E-state index in [9.17, 15) is 18.0 Å². The van der Waals surface area contributed by atoms with Gasteiger partial charge in [-0.1, -0.05) is 65.5 Å². The molecule has 0 bridgehead atoms. The van der Waals surface area contributed by atoms with Crippen LogP contribution in [-0.2, 0) is 26.2 Å². The van der Waals surface area contributed by atoms with Gasteiger partial charge in [-0.15, -0.1) is 0 Å². The van der Waals surface area contributed by atoms with Crippen molar-refractivity contribution in [2.45, 2.75) is 51.6 Å². The summed E-state index contributed by atoms with van der Waals surface area (Å²) >= 11 is 18.7. The van der Waals surface area contributed by atoms with Crippen molar-refractivity contribution in [2.75, 3.05) is 17.4 Å². The molecular weight excluding hydrogens is 593 g/mol. The van der Waals surface area contributed by atoms with E-state index in [0.29, 0.717) is 44.8 Å². The topological polar surface area (TPSA) is 86.8 Å². The second-order valence-electron chi connectivity index (χ2n) is 9.33. The molecule has 0 aliphatic carbocycles. The summed E-state index contributed by atoms with van der Waals surface area (Å²) in [5.74, 6) is -0.923. The molecule has 11 heteroatoms. The number of amides is 2. The van der Waals surface area contributed by atoms with Crippen LogP contribution in [0.25, 0.3) is 0 Å². The summed E-state index contributed by atoms with van der Waals surface area (Å²) in [6.45, 7) is 6.93. The lowest BCUT2D eigenvalue weighted by atomic mass is 10.1. The van der Waals surface area contributed by atoms with Crippen LogP contribution < -0.4 is 9.62 Å². The van der Waals surface area contributed by atoms with Gasteiger partial charge in [0.15, 0.2) is 0 Å². The number of hydrogen-bond donors (Lipinski definition) is 1. The number of hydrogen-bond acceptors (Lipinski definition) is 4. The van der Waals surface area contributed by atoms with Crippen molar-refractivity contribution in [2.24, 2.45) is 0 Å². The number of nitrogens with zero attached hydrogens (tertiary/aromatic N) is 2. The van der Waals surface area contributed by atoms with Crippen molar-refractivity contribution in [3.63, 3.8) is 0 Å². The van der Waals surface area contributed by atoms with Crippen molar-refractivity contribution in [1.82, 2.24) is 10.2 Å². The number of carbonyl (C=O) groups excluding carboxylic acids is 2. The molecule has 0 radical (unpaired) electrons. The normalized spacial score (nSPS) is 12.1. The first-order valence-electron chi connectivity index (χ1n) is 12.8. The van der Waals surface area contributed by atoms with Crippen molar-refractivity contribution in [1.29, 1.82) is 0 Å². The molecule has 2 amide bonds. The first kappa shape index (κ1) is 31.7. The Balaban J connectivity index is 2.11. The first-order chi connectivity index (χ1) is 18.9. The summed E-state index contributed by atoms with van der Waals surface area (Å²) in [6.07, 6.45) is 0.299. The predicted molar refractivity (Wildman–Crippen MR) is 162 cm³/mol. The third-order valence-electron chi connectivity index (χ3n) is 6.41. The van der Waals surface area contributed by atoms with Crippen molar-refractivity contribution >= 4 is 62.3 Å². The van der Waals surface area contributed by atoms with E-state index in [-0.39, 0.29) is 17.3 Å². The van der Waals surface area contributed by atoms with Gasteiger partial charge in [-0.05, 0) is 80.8 Å². The molecule has 0 unspecified atom stereocenters. The zero-order valence-electron chi connectivity index (χ0n) is 22.7. The number of carbonyl (C=O) groups is 2. The molecule has 0 aliphatic rings. The molecule has 214 valence electrons. The van der Waals surface area contributed by atoms with Gasteiger partial charge in [0.1, 0.15) is 12.6 Å². The maximum absolute atomic E-state index is 14.1. The minimum atomic E-state index is -4.19. The highest BCUT2D eigenvalue weighted by Gasteiger charge is 2.34. The maximum atomic E-state index is 14.1. The quantitative estimate of drug-likeness (QED) is 0.267. The largest absolute Gasteiger partial charge is 0.355 e. The number of sulfonamides is 1. The van der Waals surface area contributed by atoms with Gasteiger partial charge in [0, 0.05) is 28.2 Å². The van der Waals surface area contributed by atoms with Crippen LogP contribution in [0, 0.1) is 13.8 Å². The average molecular weight is 625 g/mol. The molecule has 0 saturated carbocycles. The van der Waals surface area contributed by atoms with Gasteiger partial charge < -0.3 is 10.2 Å². The Bertz CT molecular complexity index is 1480. The highest BCUT2D eigenvalue weighted by atomic mass is 35.5. The van der Waals surface area contributed by atoms with E-state index < -0.39 is 28.5 Å². The second kappa shape index (κ2) is 13.7. The van der Waals surface area contributed by atoms with Crippen LogP contribution in [0.4, 0.5) is 5.69 Å². The predicted octanol–water partition coefficient (Wildman–Crippen LogP) is 6.40. The van der Waals surface area contributed by atoms with Gasteiger partial charge >= 0.3 is 0 Å². The fourth-order valence-electron chi connectivity index (χ4n) is 4.29. The van der Waals surface area contributed by atoms with E-state index in [2.05, 4.69) is 5.32 Å². The number of likely N-dealkylation sites (N-methyl/N-ethyl adjacent to an activating group) is 1. The number of aryl methyl sites for hydroxylation is 2. The lowest BCUT2D eigenvalue weighted by Gasteiger charge is -2.33. The standard InChI is InChI=1S/C29H32Cl3N3O4S/c1-5-26(29(37)33-6-2)34(17-21-9-10-23(31)16-25(21)32)28(36)18-35(27-14-11-22(30)15-20(27)4)40(38,39)24-12-7-19(3)8-13-24/h7-16,26H,5-6,17-18H2,1-4H3,(H,33,37)/t26-/m1/s1. The van der Waals surface area contributed by atoms with Crippen LogP contribution in [0.5, 0.6) is 0 Å². The van der Waals surface area contributed by atoms with Crippen molar-refractivity contribution in [3.8, 4) is 0 Å². The summed E-state index contributed by atoms with van der Waals surface area (Å²) in [7, 11) is -4.19. The van der Waals surface area contributed by atoms with E-state index in [1.165, 1.54) is 17.0 Å². The fourth-order valence-corrected chi connectivity index (χ4v) is 6.47. The minimum absolute atomic E-state index is 0.0253. The Hall–Kier alpha value is -2.78. The number of halogens is 3. The number of nitrogens with one attached hydrogen (secondary N) is 1. The van der Waals surface area contributed by atoms with Crippen LogP contribution in [0.15, 0.2) is 65.6 Å². The molecule has 0 spiro atoms. The molecule has 3 rings (SSSR count). The molecule has 0 aliphatic heterocycles. The van der Waals surface area contributed by atoms with Crippen LogP contribution >= 0.6 is 34.8 Å². The highest BCUT2D eigenvalue weighted by Crippen LogP contribution is 2.30. The van der Waals surface area contributed by atoms with Crippen LogP contribution in [0.1, 0.15) is 37.0 Å². The SMILES string of the molecule is CCNC(=O)[C@@H](CC)N(Cc1ccc(Cl)cc1Cl)C(=O)CN(c1ccc(Cl)cc1C)S(=O)(=O)c1ccc(C)cc1. The zero-order chi connectivity index (χ0) is 29.6. The van der Waals surface area contributed by atoms with Crippen molar-refractivity contribution in [3.05, 3.63) is 92.4 Å².